The van der Waals surface area contributed by atoms with Crippen molar-refractivity contribution in [3.63, 3.8) is 0 Å². The van der Waals surface area contributed by atoms with Crippen LogP contribution in [-0.2, 0) is 40.5 Å². The molecule has 2 aliphatic heterocycles. The number of ketones is 1. The molecule has 2 saturated heterocycles. The van der Waals surface area contributed by atoms with Crippen LogP contribution in [0.15, 0.2) is 84.9 Å². The second-order valence-corrected chi connectivity index (χ2v) is 17.4. The summed E-state index contributed by atoms with van der Waals surface area (Å²) in [6.45, 7) is 2.01. The van der Waals surface area contributed by atoms with Gasteiger partial charge in [0, 0.05) is 24.5 Å². The zero-order valence-electron chi connectivity index (χ0n) is 33.2. The van der Waals surface area contributed by atoms with E-state index in [-0.39, 0.29) is 51.3 Å². The summed E-state index contributed by atoms with van der Waals surface area (Å²) < 4.78 is 33.9. The van der Waals surface area contributed by atoms with Gasteiger partial charge >= 0.3 is 0 Å². The number of amides is 3. The van der Waals surface area contributed by atoms with E-state index in [4.69, 9.17) is 27.5 Å². The Hall–Kier alpha value is -4.87. The number of piperidine rings is 1. The van der Waals surface area contributed by atoms with Crippen molar-refractivity contribution in [2.24, 2.45) is 11.7 Å². The van der Waals surface area contributed by atoms with Crippen molar-refractivity contribution in [1.82, 2.24) is 30.9 Å². The fourth-order valence-electron chi connectivity index (χ4n) is 7.55. The molecular formula is C42H55ClN8O7S. The van der Waals surface area contributed by atoms with Gasteiger partial charge in [-0.2, -0.15) is 0 Å². The standard InChI is InChI=1S/C42H55ClN8O7S/c1-59(56,57)50-35(19-16-28-20-23-46-24-21-28)41(55)51-26-33(58-27-29-14-17-32(43)18-15-29)25-36(51)39(53)48-34(13-8-22-47-42(44)45)38(52)40(54)49-37(30-9-4-2-5-10-30)31-11-6-3-7-12-31/h2-7,9-12,14-15,17-18,28,33-37,46,50H,8,13,16,19-27H2,1H3,(H,48,53)(H,49,54)(H4,44,45,47)/t33-,34+,35-,36+/m1/s1. The highest BCUT2D eigenvalue weighted by Gasteiger charge is 2.44. The second-order valence-electron chi connectivity index (χ2n) is 15.2. The zero-order chi connectivity index (χ0) is 42.4. The summed E-state index contributed by atoms with van der Waals surface area (Å²) in [7, 11) is -3.83. The average Bonchev–Trinajstić information content (AvgIpc) is 3.67. The van der Waals surface area contributed by atoms with E-state index in [1.54, 1.807) is 24.3 Å². The number of benzene rings is 3. The van der Waals surface area contributed by atoms with Crippen LogP contribution in [0.5, 0.6) is 0 Å². The molecule has 3 amide bonds. The van der Waals surface area contributed by atoms with Crippen molar-refractivity contribution < 1.29 is 32.3 Å². The number of hydrogen-bond acceptors (Lipinski definition) is 9. The van der Waals surface area contributed by atoms with E-state index >= 15 is 0 Å². The van der Waals surface area contributed by atoms with Crippen LogP contribution in [0.2, 0.25) is 5.02 Å². The van der Waals surface area contributed by atoms with E-state index in [2.05, 4.69) is 26.0 Å². The Morgan fingerprint density at radius 1 is 0.915 bits per heavy atom. The first-order valence-corrected chi connectivity index (χ1v) is 22.2. The molecule has 5 rings (SSSR count). The summed E-state index contributed by atoms with van der Waals surface area (Å²) in [5.74, 6) is -3.07. The number of rotatable bonds is 20. The highest BCUT2D eigenvalue weighted by Crippen LogP contribution is 2.27. The molecule has 0 aromatic heterocycles. The first-order valence-electron chi connectivity index (χ1n) is 19.9. The van der Waals surface area contributed by atoms with E-state index in [1.165, 1.54) is 4.90 Å². The Balaban J connectivity index is 1.38. The maximum absolute atomic E-state index is 14.4. The lowest BCUT2D eigenvalue weighted by molar-refractivity contribution is -0.143. The number of sulfonamides is 1. The predicted molar refractivity (Wildman–Crippen MR) is 226 cm³/mol. The maximum atomic E-state index is 14.4. The monoisotopic (exact) mass is 850 g/mol. The molecule has 3 aromatic rings. The SMILES string of the molecule is CS(=O)(=O)N[C@H](CCC1CCNCC1)C(=O)N1C[C@H](OCc2ccc(Cl)cc2)C[C@H]1C(=O)N[C@@H](CCCNC(=N)N)C(=O)C(=O)NC(c1ccccc1)c1ccccc1. The van der Waals surface area contributed by atoms with E-state index in [9.17, 15) is 27.6 Å². The Morgan fingerprint density at radius 3 is 2.14 bits per heavy atom. The topological polar surface area (TPSA) is 225 Å². The Bertz CT molecular complexity index is 1950. The van der Waals surface area contributed by atoms with Gasteiger partial charge in [0.05, 0.1) is 31.1 Å². The fraction of sp³-hybridized carbons (Fsp3) is 0.452. The van der Waals surface area contributed by atoms with Crippen LogP contribution >= 0.6 is 11.6 Å². The zero-order valence-corrected chi connectivity index (χ0v) is 34.8. The van der Waals surface area contributed by atoms with Gasteiger partial charge in [-0.1, -0.05) is 84.4 Å². The minimum absolute atomic E-state index is 0.00524. The largest absolute Gasteiger partial charge is 0.372 e. The van der Waals surface area contributed by atoms with Gasteiger partial charge in [-0.3, -0.25) is 24.6 Å². The molecule has 2 fully saturated rings. The lowest BCUT2D eigenvalue weighted by atomic mass is 9.91. The molecule has 15 nitrogen and oxygen atoms in total. The highest BCUT2D eigenvalue weighted by atomic mass is 35.5. The number of guanidine groups is 1. The average molecular weight is 851 g/mol. The molecule has 0 saturated carbocycles. The first kappa shape index (κ1) is 45.2. The molecule has 3 aromatic carbocycles. The highest BCUT2D eigenvalue weighted by molar-refractivity contribution is 7.88. The number of carbonyl (C=O) groups is 4. The van der Waals surface area contributed by atoms with E-state index < -0.39 is 63.8 Å². The minimum Gasteiger partial charge on any atom is -0.372 e. The van der Waals surface area contributed by atoms with Gasteiger partial charge in [-0.05, 0) is 86.4 Å². The second kappa shape index (κ2) is 21.9. The number of ether oxygens (including phenoxy) is 1. The quantitative estimate of drug-likeness (QED) is 0.0381. The molecule has 8 N–H and O–H groups in total. The summed E-state index contributed by atoms with van der Waals surface area (Å²) >= 11 is 6.07. The number of likely N-dealkylation sites (tertiary alicyclic amines) is 1. The molecular weight excluding hydrogens is 796 g/mol. The van der Waals surface area contributed by atoms with Gasteiger partial charge in [0.2, 0.25) is 27.6 Å². The third-order valence-corrected chi connectivity index (χ3v) is 11.6. The molecule has 2 aliphatic rings. The van der Waals surface area contributed by atoms with Crippen LogP contribution in [0.25, 0.3) is 0 Å². The molecule has 59 heavy (non-hydrogen) atoms. The van der Waals surface area contributed by atoms with Gasteiger partial charge in [0.15, 0.2) is 5.96 Å². The van der Waals surface area contributed by atoms with Crippen LogP contribution < -0.4 is 31.7 Å². The lowest BCUT2D eigenvalue weighted by Gasteiger charge is -2.30. The summed E-state index contributed by atoms with van der Waals surface area (Å²) in [5, 5.41) is 19.7. The third kappa shape index (κ3) is 14.1. The van der Waals surface area contributed by atoms with Crippen LogP contribution in [0.4, 0.5) is 0 Å². The predicted octanol–water partition coefficient (Wildman–Crippen LogP) is 2.75. The Kier molecular flexibility index (Phi) is 16.8. The normalized spacial score (nSPS) is 18.2. The van der Waals surface area contributed by atoms with Crippen LogP contribution in [0.3, 0.4) is 0 Å². The molecule has 0 unspecified atom stereocenters. The maximum Gasteiger partial charge on any atom is 0.290 e. The molecule has 0 aliphatic carbocycles. The van der Waals surface area contributed by atoms with Gasteiger partial charge in [-0.25, -0.2) is 13.1 Å². The lowest BCUT2D eigenvalue weighted by Crippen LogP contribution is -2.56. The number of halogens is 1. The van der Waals surface area contributed by atoms with E-state index in [0.717, 1.165) is 48.9 Å². The van der Waals surface area contributed by atoms with Crippen LogP contribution in [0.1, 0.15) is 67.7 Å². The van der Waals surface area contributed by atoms with Gasteiger partial charge in [-0.15, -0.1) is 0 Å². The molecule has 2 heterocycles. The van der Waals surface area contributed by atoms with Crippen molar-refractivity contribution in [3.05, 3.63) is 107 Å². The van der Waals surface area contributed by atoms with Crippen molar-refractivity contribution >= 4 is 51.1 Å². The van der Waals surface area contributed by atoms with E-state index in [0.29, 0.717) is 17.4 Å². The first-order chi connectivity index (χ1) is 28.3. The van der Waals surface area contributed by atoms with Crippen molar-refractivity contribution in [2.45, 2.75) is 81.8 Å². The number of nitrogens with one attached hydrogen (secondary N) is 6. The number of Topliss-reactive ketones (excluding diaryl/α,β-unsaturated/α-hetero) is 1. The van der Waals surface area contributed by atoms with E-state index in [1.807, 2.05) is 60.7 Å². The van der Waals surface area contributed by atoms with Crippen molar-refractivity contribution in [2.75, 3.05) is 32.4 Å². The smallest absolute Gasteiger partial charge is 0.290 e. The van der Waals surface area contributed by atoms with Crippen molar-refractivity contribution in [3.8, 4) is 0 Å². The number of hydrogen-bond donors (Lipinski definition) is 7. The minimum atomic E-state index is -3.83. The van der Waals surface area contributed by atoms with Gasteiger partial charge in [0.25, 0.3) is 5.91 Å². The molecule has 318 valence electrons. The molecule has 0 spiro atoms. The third-order valence-electron chi connectivity index (χ3n) is 10.6. The summed E-state index contributed by atoms with van der Waals surface area (Å²) in [6, 6.07) is 21.1. The van der Waals surface area contributed by atoms with Crippen molar-refractivity contribution in [1.29, 1.82) is 5.41 Å². The van der Waals surface area contributed by atoms with Gasteiger partial charge in [0.1, 0.15) is 12.1 Å². The van der Waals surface area contributed by atoms with Crippen LogP contribution in [-0.4, -0.2) is 99.4 Å². The summed E-state index contributed by atoms with van der Waals surface area (Å²) in [5.41, 5.74) is 7.77. The molecule has 4 atom stereocenters. The number of nitrogens with two attached hydrogens (primary N) is 1. The van der Waals surface area contributed by atoms with Crippen LogP contribution in [0, 0.1) is 11.3 Å². The number of carbonyl (C=O) groups excluding carboxylic acids is 4. The molecule has 17 heteroatoms. The Morgan fingerprint density at radius 2 is 1.54 bits per heavy atom. The summed E-state index contributed by atoms with van der Waals surface area (Å²) in [6.07, 6.45) is 3.31. The Labute approximate surface area is 351 Å². The molecule has 0 bridgehead atoms. The fourth-order valence-corrected chi connectivity index (χ4v) is 8.41. The molecule has 0 radical (unpaired) electrons. The summed E-state index contributed by atoms with van der Waals surface area (Å²) in [4.78, 5) is 58.1. The van der Waals surface area contributed by atoms with Gasteiger partial charge < -0.3 is 36.6 Å². The number of nitrogens with zero attached hydrogens (tertiary/aromatic N) is 1.